The lowest BCUT2D eigenvalue weighted by Gasteiger charge is -2.32. The topological polar surface area (TPSA) is 48.9 Å². The number of ether oxygens (including phenoxy) is 1. The molecule has 2 saturated heterocycles. The number of guanidine groups is 1. The number of hydrogen-bond donors (Lipinski definition) is 2. The Morgan fingerprint density at radius 1 is 1.35 bits per heavy atom. The molecule has 6 heteroatoms. The predicted molar refractivity (Wildman–Crippen MR) is 101 cm³/mol. The maximum atomic E-state index is 5.16. The molecule has 2 heterocycles. The summed E-state index contributed by atoms with van der Waals surface area (Å²) in [6.45, 7) is 8.69. The highest BCUT2D eigenvalue weighted by Gasteiger charge is 2.29. The molecule has 23 heavy (non-hydrogen) atoms. The van der Waals surface area contributed by atoms with Crippen molar-refractivity contribution in [3.05, 3.63) is 0 Å². The summed E-state index contributed by atoms with van der Waals surface area (Å²) in [5.74, 6) is 3.01. The van der Waals surface area contributed by atoms with Gasteiger partial charge in [-0.25, -0.2) is 0 Å². The molecule has 2 N–H and O–H groups in total. The van der Waals surface area contributed by atoms with Crippen LogP contribution in [-0.2, 0) is 4.74 Å². The molecule has 0 aromatic heterocycles. The molecule has 5 nitrogen and oxygen atoms in total. The Bertz CT molecular complexity index is 364. The Kier molecular flexibility index (Phi) is 7.99. The van der Waals surface area contributed by atoms with Crippen molar-refractivity contribution in [3.8, 4) is 0 Å². The van der Waals surface area contributed by atoms with Crippen LogP contribution in [0.3, 0.4) is 0 Å². The van der Waals surface area contributed by atoms with Gasteiger partial charge in [0.25, 0.3) is 0 Å². The molecule has 2 aliphatic rings. The van der Waals surface area contributed by atoms with Crippen LogP contribution in [0.4, 0.5) is 0 Å². The van der Waals surface area contributed by atoms with E-state index in [0.717, 1.165) is 38.1 Å². The summed E-state index contributed by atoms with van der Waals surface area (Å²) < 4.78 is 5.54. The quantitative estimate of drug-likeness (QED) is 0.546. The highest BCUT2D eigenvalue weighted by atomic mass is 32.2. The van der Waals surface area contributed by atoms with Crippen LogP contribution in [-0.4, -0.2) is 74.8 Å². The molecule has 1 atom stereocenters. The summed E-state index contributed by atoms with van der Waals surface area (Å²) in [5.41, 5.74) is 0. The van der Waals surface area contributed by atoms with Crippen LogP contribution in [0.5, 0.6) is 0 Å². The summed E-state index contributed by atoms with van der Waals surface area (Å²) in [6.07, 6.45) is 5.18. The fourth-order valence-electron chi connectivity index (χ4n) is 3.34. The first-order chi connectivity index (χ1) is 11.1. The number of aliphatic imine (C=N–C) groups is 1. The first-order valence-corrected chi connectivity index (χ1v) is 9.93. The molecule has 0 aromatic carbocycles. The van der Waals surface area contributed by atoms with Gasteiger partial charge in [0.15, 0.2) is 5.96 Å². The summed E-state index contributed by atoms with van der Waals surface area (Å²) >= 11 is 2.09. The SMILES string of the molecule is CN=C(NCC1CCN(CCOC)CC1)NCC1(C)CCCS1. The first kappa shape index (κ1) is 18.9. The van der Waals surface area contributed by atoms with Crippen LogP contribution in [0.2, 0.25) is 0 Å². The zero-order valence-electron chi connectivity index (χ0n) is 15.1. The highest BCUT2D eigenvalue weighted by Crippen LogP contribution is 2.36. The van der Waals surface area contributed by atoms with Gasteiger partial charge in [-0.2, -0.15) is 11.8 Å². The third kappa shape index (κ3) is 6.51. The normalized spacial score (nSPS) is 27.3. The van der Waals surface area contributed by atoms with Crippen LogP contribution >= 0.6 is 11.8 Å². The largest absolute Gasteiger partial charge is 0.383 e. The van der Waals surface area contributed by atoms with Gasteiger partial charge in [0.05, 0.1) is 6.61 Å². The van der Waals surface area contributed by atoms with Gasteiger partial charge in [0.2, 0.25) is 0 Å². The van der Waals surface area contributed by atoms with Crippen molar-refractivity contribution in [3.63, 3.8) is 0 Å². The van der Waals surface area contributed by atoms with Gasteiger partial charge in [-0.05, 0) is 57.4 Å². The highest BCUT2D eigenvalue weighted by molar-refractivity contribution is 8.00. The van der Waals surface area contributed by atoms with E-state index in [0.29, 0.717) is 4.75 Å². The first-order valence-electron chi connectivity index (χ1n) is 8.95. The van der Waals surface area contributed by atoms with Crippen molar-refractivity contribution in [2.75, 3.05) is 59.2 Å². The lowest BCUT2D eigenvalue weighted by molar-refractivity contribution is 0.121. The third-order valence-corrected chi connectivity index (χ3v) is 6.57. The summed E-state index contributed by atoms with van der Waals surface area (Å²) in [5, 5.41) is 7.04. The minimum atomic E-state index is 0.379. The molecule has 0 saturated carbocycles. The molecule has 0 amide bonds. The Hall–Kier alpha value is -0.460. The molecule has 1 unspecified atom stereocenters. The molecule has 0 aromatic rings. The van der Waals surface area contributed by atoms with E-state index in [1.165, 1.54) is 44.5 Å². The Morgan fingerprint density at radius 2 is 2.13 bits per heavy atom. The lowest BCUT2D eigenvalue weighted by Crippen LogP contribution is -2.46. The second kappa shape index (κ2) is 9.74. The van der Waals surface area contributed by atoms with Crippen LogP contribution in [0.25, 0.3) is 0 Å². The number of thioether (sulfide) groups is 1. The molecule has 134 valence electrons. The second-order valence-corrected chi connectivity index (χ2v) is 8.67. The molecule has 0 bridgehead atoms. The van der Waals surface area contributed by atoms with Gasteiger partial charge in [-0.15, -0.1) is 0 Å². The van der Waals surface area contributed by atoms with Gasteiger partial charge in [0, 0.05) is 38.5 Å². The molecule has 2 fully saturated rings. The fourth-order valence-corrected chi connectivity index (χ4v) is 4.59. The number of methoxy groups -OCH3 is 1. The zero-order chi connectivity index (χ0) is 16.5. The summed E-state index contributed by atoms with van der Waals surface area (Å²) in [4.78, 5) is 6.88. The minimum Gasteiger partial charge on any atom is -0.383 e. The van der Waals surface area contributed by atoms with E-state index in [1.54, 1.807) is 7.11 Å². The van der Waals surface area contributed by atoms with Crippen LogP contribution < -0.4 is 10.6 Å². The monoisotopic (exact) mass is 342 g/mol. The Morgan fingerprint density at radius 3 is 2.74 bits per heavy atom. The van der Waals surface area contributed by atoms with Crippen molar-refractivity contribution >= 4 is 17.7 Å². The second-order valence-electron chi connectivity index (χ2n) is 6.99. The molecule has 0 spiro atoms. The van der Waals surface area contributed by atoms with Crippen molar-refractivity contribution in [2.24, 2.45) is 10.9 Å². The van der Waals surface area contributed by atoms with E-state index in [-0.39, 0.29) is 0 Å². The number of nitrogens with zero attached hydrogens (tertiary/aromatic N) is 2. The van der Waals surface area contributed by atoms with Crippen molar-refractivity contribution in [1.29, 1.82) is 0 Å². The predicted octanol–water partition coefficient (Wildman–Crippen LogP) is 1.80. The van der Waals surface area contributed by atoms with Gasteiger partial charge in [-0.3, -0.25) is 4.99 Å². The van der Waals surface area contributed by atoms with Gasteiger partial charge in [-0.1, -0.05) is 0 Å². The number of piperidine rings is 1. The summed E-state index contributed by atoms with van der Waals surface area (Å²) in [6, 6.07) is 0. The van der Waals surface area contributed by atoms with Crippen molar-refractivity contribution in [2.45, 2.75) is 37.4 Å². The van der Waals surface area contributed by atoms with Gasteiger partial charge in [0.1, 0.15) is 0 Å². The average Bonchev–Trinajstić information content (AvgIpc) is 3.01. The Labute approximate surface area is 146 Å². The third-order valence-electron chi connectivity index (χ3n) is 5.03. The fraction of sp³-hybridized carbons (Fsp3) is 0.941. The maximum Gasteiger partial charge on any atom is 0.191 e. The molecular weight excluding hydrogens is 308 g/mol. The van der Waals surface area contributed by atoms with Crippen molar-refractivity contribution in [1.82, 2.24) is 15.5 Å². The van der Waals surface area contributed by atoms with Crippen LogP contribution in [0.15, 0.2) is 4.99 Å². The minimum absolute atomic E-state index is 0.379. The maximum absolute atomic E-state index is 5.16. The van der Waals surface area contributed by atoms with Crippen molar-refractivity contribution < 1.29 is 4.74 Å². The van der Waals surface area contributed by atoms with E-state index < -0.39 is 0 Å². The number of rotatable bonds is 7. The lowest BCUT2D eigenvalue weighted by atomic mass is 9.97. The van der Waals surface area contributed by atoms with E-state index in [1.807, 2.05) is 7.05 Å². The zero-order valence-corrected chi connectivity index (χ0v) is 15.9. The number of likely N-dealkylation sites (tertiary alicyclic amines) is 1. The standard InChI is InChI=1S/C17H34N4OS/c1-17(7-4-12-23-17)14-20-16(18-2)19-13-15-5-8-21(9-6-15)10-11-22-3/h15H,4-14H2,1-3H3,(H2,18,19,20). The van der Waals surface area contributed by atoms with E-state index in [4.69, 9.17) is 4.74 Å². The van der Waals surface area contributed by atoms with Crippen LogP contribution in [0, 0.1) is 5.92 Å². The molecule has 2 rings (SSSR count). The average molecular weight is 343 g/mol. The van der Waals surface area contributed by atoms with Gasteiger partial charge < -0.3 is 20.3 Å². The number of hydrogen-bond acceptors (Lipinski definition) is 4. The molecular formula is C17H34N4OS. The van der Waals surface area contributed by atoms with Gasteiger partial charge >= 0.3 is 0 Å². The summed E-state index contributed by atoms with van der Waals surface area (Å²) in [7, 11) is 3.65. The van der Waals surface area contributed by atoms with E-state index in [9.17, 15) is 0 Å². The molecule has 0 radical (unpaired) electrons. The Balaban J connectivity index is 1.62. The number of nitrogens with one attached hydrogen (secondary N) is 2. The van der Waals surface area contributed by atoms with E-state index >= 15 is 0 Å². The van der Waals surface area contributed by atoms with Crippen LogP contribution in [0.1, 0.15) is 32.6 Å². The van der Waals surface area contributed by atoms with E-state index in [2.05, 4.69) is 39.2 Å². The molecule has 2 aliphatic heterocycles. The smallest absolute Gasteiger partial charge is 0.191 e. The molecule has 0 aliphatic carbocycles.